The molecule has 2 atom stereocenters. The van der Waals surface area contributed by atoms with Gasteiger partial charge in [-0.1, -0.05) is 23.8 Å². The van der Waals surface area contributed by atoms with E-state index in [2.05, 4.69) is 42.1 Å². The molecule has 3 rings (SSSR count). The van der Waals surface area contributed by atoms with Crippen molar-refractivity contribution in [1.29, 1.82) is 0 Å². The summed E-state index contributed by atoms with van der Waals surface area (Å²) in [7, 11) is 0. The van der Waals surface area contributed by atoms with Crippen LogP contribution in [0, 0.1) is 13.8 Å². The standard InChI is InChI=1S/C18H24N4O2/c1-13-4-5-14(2)16(8-13)17-9-22(15(3)10-24-17)18(23)6-7-21-12-19-11-20-21/h4-5,8,11-12,15,17H,6-7,9-10H2,1-3H3/t15-,17+/m0/s1. The topological polar surface area (TPSA) is 60.2 Å². The van der Waals surface area contributed by atoms with Crippen LogP contribution < -0.4 is 0 Å². The second-order valence-corrected chi connectivity index (χ2v) is 6.49. The Kier molecular flexibility index (Phi) is 4.94. The zero-order valence-corrected chi connectivity index (χ0v) is 14.5. The van der Waals surface area contributed by atoms with Crippen molar-refractivity contribution in [2.24, 2.45) is 0 Å². The number of morpholine rings is 1. The fourth-order valence-corrected chi connectivity index (χ4v) is 3.10. The first kappa shape index (κ1) is 16.6. The SMILES string of the molecule is Cc1ccc(C)c([C@H]2CN(C(=O)CCn3cncn3)[C@@H](C)CO2)c1. The third-order valence-electron chi connectivity index (χ3n) is 4.56. The highest BCUT2D eigenvalue weighted by Crippen LogP contribution is 2.28. The lowest BCUT2D eigenvalue weighted by Gasteiger charge is -2.38. The van der Waals surface area contributed by atoms with Crippen molar-refractivity contribution in [3.63, 3.8) is 0 Å². The summed E-state index contributed by atoms with van der Waals surface area (Å²) in [5.74, 6) is 0.136. The van der Waals surface area contributed by atoms with Crippen LogP contribution in [0.3, 0.4) is 0 Å². The molecule has 0 saturated carbocycles. The van der Waals surface area contributed by atoms with Gasteiger partial charge in [-0.25, -0.2) is 4.98 Å². The van der Waals surface area contributed by atoms with Crippen LogP contribution >= 0.6 is 0 Å². The smallest absolute Gasteiger partial charge is 0.224 e. The first-order chi connectivity index (χ1) is 11.5. The number of carbonyl (C=O) groups excluding carboxylic acids is 1. The van der Waals surface area contributed by atoms with Gasteiger partial charge in [-0.15, -0.1) is 0 Å². The summed E-state index contributed by atoms with van der Waals surface area (Å²) in [6, 6.07) is 6.47. The third-order valence-corrected chi connectivity index (χ3v) is 4.56. The molecule has 0 aliphatic carbocycles. The third kappa shape index (κ3) is 3.64. The van der Waals surface area contributed by atoms with E-state index in [-0.39, 0.29) is 18.1 Å². The average Bonchev–Trinajstić information content (AvgIpc) is 3.09. The van der Waals surface area contributed by atoms with Crippen molar-refractivity contribution in [1.82, 2.24) is 19.7 Å². The predicted molar refractivity (Wildman–Crippen MR) is 90.4 cm³/mol. The van der Waals surface area contributed by atoms with Crippen LogP contribution in [0.25, 0.3) is 0 Å². The Hall–Kier alpha value is -2.21. The van der Waals surface area contributed by atoms with E-state index in [9.17, 15) is 4.79 Å². The molecule has 1 aliphatic rings. The first-order valence-electron chi connectivity index (χ1n) is 8.35. The van der Waals surface area contributed by atoms with Crippen LogP contribution in [0.4, 0.5) is 0 Å². The molecule has 1 amide bonds. The molecule has 0 bridgehead atoms. The zero-order valence-electron chi connectivity index (χ0n) is 14.5. The molecule has 0 radical (unpaired) electrons. The molecule has 24 heavy (non-hydrogen) atoms. The fourth-order valence-electron chi connectivity index (χ4n) is 3.10. The summed E-state index contributed by atoms with van der Waals surface area (Å²) < 4.78 is 7.71. The predicted octanol–water partition coefficient (Wildman–Crippen LogP) is 2.27. The summed E-state index contributed by atoms with van der Waals surface area (Å²) in [5, 5.41) is 4.05. The van der Waals surface area contributed by atoms with E-state index in [1.807, 2.05) is 11.8 Å². The van der Waals surface area contributed by atoms with Crippen LogP contribution in [0.15, 0.2) is 30.9 Å². The van der Waals surface area contributed by atoms with E-state index in [4.69, 9.17) is 4.74 Å². The summed E-state index contributed by atoms with van der Waals surface area (Å²) in [6.45, 7) is 7.92. The Labute approximate surface area is 142 Å². The molecule has 128 valence electrons. The van der Waals surface area contributed by atoms with Gasteiger partial charge in [-0.2, -0.15) is 5.10 Å². The minimum Gasteiger partial charge on any atom is -0.370 e. The molecule has 2 heterocycles. The molecule has 6 nitrogen and oxygen atoms in total. The quantitative estimate of drug-likeness (QED) is 0.864. The number of ether oxygens (including phenoxy) is 1. The van der Waals surface area contributed by atoms with E-state index in [0.717, 1.165) is 0 Å². The van der Waals surface area contributed by atoms with Gasteiger partial charge in [-0.05, 0) is 31.9 Å². The molecule has 1 aromatic heterocycles. The molecule has 1 aliphatic heterocycles. The van der Waals surface area contributed by atoms with Crippen LogP contribution in [0.2, 0.25) is 0 Å². The maximum absolute atomic E-state index is 12.6. The average molecular weight is 328 g/mol. The molecular formula is C18H24N4O2. The maximum atomic E-state index is 12.6. The number of benzene rings is 1. The molecular weight excluding hydrogens is 304 g/mol. The van der Waals surface area contributed by atoms with Crippen molar-refractivity contribution >= 4 is 5.91 Å². The van der Waals surface area contributed by atoms with Crippen molar-refractivity contribution < 1.29 is 9.53 Å². The highest BCUT2D eigenvalue weighted by Gasteiger charge is 2.30. The second-order valence-electron chi connectivity index (χ2n) is 6.49. The molecule has 1 aromatic carbocycles. The Bertz CT molecular complexity index is 699. The van der Waals surface area contributed by atoms with E-state index < -0.39 is 0 Å². The van der Waals surface area contributed by atoms with Crippen molar-refractivity contribution in [2.45, 2.75) is 45.9 Å². The Morgan fingerprint density at radius 3 is 2.96 bits per heavy atom. The van der Waals surface area contributed by atoms with E-state index in [1.165, 1.54) is 23.0 Å². The molecule has 0 spiro atoms. The van der Waals surface area contributed by atoms with Gasteiger partial charge in [0.05, 0.1) is 25.7 Å². The van der Waals surface area contributed by atoms with Gasteiger partial charge in [-0.3, -0.25) is 9.48 Å². The Balaban J connectivity index is 1.68. The monoisotopic (exact) mass is 328 g/mol. The summed E-state index contributed by atoms with van der Waals surface area (Å²) in [5.41, 5.74) is 3.59. The lowest BCUT2D eigenvalue weighted by Crippen LogP contribution is -2.48. The van der Waals surface area contributed by atoms with Crippen LogP contribution in [0.5, 0.6) is 0 Å². The first-order valence-corrected chi connectivity index (χ1v) is 8.35. The molecule has 6 heteroatoms. The van der Waals surface area contributed by atoms with Crippen LogP contribution in [0.1, 0.15) is 36.1 Å². The van der Waals surface area contributed by atoms with Gasteiger partial charge in [0.1, 0.15) is 18.8 Å². The minimum atomic E-state index is -0.0589. The highest BCUT2D eigenvalue weighted by molar-refractivity contribution is 5.76. The molecule has 2 aromatic rings. The van der Waals surface area contributed by atoms with Crippen LogP contribution in [-0.4, -0.2) is 44.8 Å². The normalized spacial score (nSPS) is 21.0. The summed E-state index contributed by atoms with van der Waals surface area (Å²) >= 11 is 0. The number of nitrogens with zero attached hydrogens (tertiary/aromatic N) is 4. The number of rotatable bonds is 4. The van der Waals surface area contributed by atoms with Crippen molar-refractivity contribution in [3.05, 3.63) is 47.5 Å². The summed E-state index contributed by atoms with van der Waals surface area (Å²) in [4.78, 5) is 18.5. The Morgan fingerprint density at radius 2 is 2.21 bits per heavy atom. The van der Waals surface area contributed by atoms with Gasteiger partial charge >= 0.3 is 0 Å². The van der Waals surface area contributed by atoms with Crippen LogP contribution in [-0.2, 0) is 16.1 Å². The highest BCUT2D eigenvalue weighted by atomic mass is 16.5. The fraction of sp³-hybridized carbons (Fsp3) is 0.500. The number of hydrogen-bond acceptors (Lipinski definition) is 4. The number of aromatic nitrogens is 3. The Morgan fingerprint density at radius 1 is 1.38 bits per heavy atom. The summed E-state index contributed by atoms with van der Waals surface area (Å²) in [6.07, 6.45) is 3.48. The lowest BCUT2D eigenvalue weighted by atomic mass is 9.98. The molecule has 0 N–H and O–H groups in total. The van der Waals surface area contributed by atoms with Gasteiger partial charge in [0.25, 0.3) is 0 Å². The molecule has 1 saturated heterocycles. The van der Waals surface area contributed by atoms with Crippen molar-refractivity contribution in [3.8, 4) is 0 Å². The number of hydrogen-bond donors (Lipinski definition) is 0. The van der Waals surface area contributed by atoms with Gasteiger partial charge in [0, 0.05) is 6.42 Å². The number of carbonyl (C=O) groups is 1. The second kappa shape index (κ2) is 7.13. The van der Waals surface area contributed by atoms with E-state index in [0.29, 0.717) is 26.1 Å². The van der Waals surface area contributed by atoms with E-state index in [1.54, 1.807) is 11.0 Å². The largest absolute Gasteiger partial charge is 0.370 e. The molecule has 0 unspecified atom stereocenters. The zero-order chi connectivity index (χ0) is 17.1. The van der Waals surface area contributed by atoms with Gasteiger partial charge in [0.15, 0.2) is 0 Å². The maximum Gasteiger partial charge on any atom is 0.224 e. The number of amides is 1. The van der Waals surface area contributed by atoms with Crippen molar-refractivity contribution in [2.75, 3.05) is 13.2 Å². The minimum absolute atomic E-state index is 0.0589. The lowest BCUT2D eigenvalue weighted by molar-refractivity contribution is -0.144. The van der Waals surface area contributed by atoms with Gasteiger partial charge < -0.3 is 9.64 Å². The van der Waals surface area contributed by atoms with E-state index >= 15 is 0 Å². The molecule has 1 fully saturated rings. The number of aryl methyl sites for hydroxylation is 3. The van der Waals surface area contributed by atoms with Gasteiger partial charge in [0.2, 0.25) is 5.91 Å².